The average molecular weight is 996 g/mol. The number of ether oxygens (including phenoxy) is 3. The van der Waals surface area contributed by atoms with Crippen molar-refractivity contribution in [1.82, 2.24) is 0 Å². The highest BCUT2D eigenvalue weighted by Crippen LogP contribution is 2.14. The number of esters is 3. The van der Waals surface area contributed by atoms with Crippen molar-refractivity contribution in [2.75, 3.05) is 13.2 Å². The van der Waals surface area contributed by atoms with Gasteiger partial charge in [-0.15, -0.1) is 0 Å². The van der Waals surface area contributed by atoms with E-state index < -0.39 is 6.10 Å². The molecule has 0 fully saturated rings. The summed E-state index contributed by atoms with van der Waals surface area (Å²) >= 11 is 0. The molecule has 0 radical (unpaired) electrons. The first-order valence-corrected chi connectivity index (χ1v) is 29.2. The maximum atomic E-state index is 12.8. The van der Waals surface area contributed by atoms with Crippen molar-refractivity contribution in [3.05, 3.63) is 134 Å². The molecule has 0 aromatic carbocycles. The van der Waals surface area contributed by atoms with Gasteiger partial charge in [-0.05, 0) is 135 Å². The molecule has 72 heavy (non-hydrogen) atoms. The van der Waals surface area contributed by atoms with Crippen LogP contribution in [0.4, 0.5) is 0 Å². The monoisotopic (exact) mass is 995 g/mol. The molecule has 0 aliphatic carbocycles. The fourth-order valence-corrected chi connectivity index (χ4v) is 7.55. The van der Waals surface area contributed by atoms with Crippen molar-refractivity contribution in [3.63, 3.8) is 0 Å². The van der Waals surface area contributed by atoms with E-state index in [-0.39, 0.29) is 37.5 Å². The molecule has 0 aromatic heterocycles. The van der Waals surface area contributed by atoms with Crippen LogP contribution in [0.25, 0.3) is 0 Å². The summed E-state index contributed by atoms with van der Waals surface area (Å²) in [5, 5.41) is 0. The Labute approximate surface area is 443 Å². The highest BCUT2D eigenvalue weighted by atomic mass is 16.6. The molecule has 0 saturated carbocycles. The van der Waals surface area contributed by atoms with E-state index in [2.05, 4.69) is 154 Å². The van der Waals surface area contributed by atoms with E-state index in [1.807, 2.05) is 0 Å². The van der Waals surface area contributed by atoms with Crippen LogP contribution in [0.15, 0.2) is 134 Å². The van der Waals surface area contributed by atoms with Gasteiger partial charge in [0, 0.05) is 19.3 Å². The third-order valence-corrected chi connectivity index (χ3v) is 11.9. The van der Waals surface area contributed by atoms with Crippen molar-refractivity contribution < 1.29 is 28.6 Å². The molecule has 0 aromatic rings. The highest BCUT2D eigenvalue weighted by Gasteiger charge is 2.19. The lowest BCUT2D eigenvalue weighted by Crippen LogP contribution is -2.30. The minimum atomic E-state index is -0.811. The molecule has 0 heterocycles. The van der Waals surface area contributed by atoms with Crippen LogP contribution in [0.5, 0.6) is 0 Å². The summed E-state index contributed by atoms with van der Waals surface area (Å²) < 4.78 is 16.8. The van der Waals surface area contributed by atoms with Crippen molar-refractivity contribution in [2.45, 2.75) is 252 Å². The van der Waals surface area contributed by atoms with E-state index in [0.717, 1.165) is 135 Å². The molecule has 1 atom stereocenters. The molecule has 6 nitrogen and oxygen atoms in total. The number of carbonyl (C=O) groups is 3. The second-order valence-corrected chi connectivity index (χ2v) is 18.8. The van der Waals surface area contributed by atoms with Gasteiger partial charge in [-0.25, -0.2) is 0 Å². The second-order valence-electron chi connectivity index (χ2n) is 18.8. The SMILES string of the molecule is CC/C=C\C/C=C\C/C=C\C/C=C\C/C=C\C/C=C\CCCCCCCCCCC(=O)OCC(COC(=O)CCCCCCC/C=C\CCCCC)OC(=O)CCCC/C=C\C/C=C\C/C=C\C/C=C\CC. The quantitative estimate of drug-likeness (QED) is 0.0261. The van der Waals surface area contributed by atoms with E-state index in [9.17, 15) is 14.4 Å². The van der Waals surface area contributed by atoms with Crippen molar-refractivity contribution in [2.24, 2.45) is 0 Å². The van der Waals surface area contributed by atoms with Crippen LogP contribution in [-0.4, -0.2) is 37.2 Å². The molecule has 0 N–H and O–H groups in total. The van der Waals surface area contributed by atoms with Crippen LogP contribution in [0, 0.1) is 0 Å². The topological polar surface area (TPSA) is 78.9 Å². The van der Waals surface area contributed by atoms with Crippen molar-refractivity contribution >= 4 is 17.9 Å². The minimum absolute atomic E-state index is 0.105. The Balaban J connectivity index is 4.37. The van der Waals surface area contributed by atoms with Crippen LogP contribution >= 0.6 is 0 Å². The van der Waals surface area contributed by atoms with Gasteiger partial charge in [-0.3, -0.25) is 14.4 Å². The van der Waals surface area contributed by atoms with Gasteiger partial charge in [0.1, 0.15) is 13.2 Å². The van der Waals surface area contributed by atoms with Crippen LogP contribution in [-0.2, 0) is 28.6 Å². The maximum absolute atomic E-state index is 12.8. The first-order valence-electron chi connectivity index (χ1n) is 29.2. The summed E-state index contributed by atoms with van der Waals surface area (Å²) in [5.41, 5.74) is 0. The Morgan fingerprint density at radius 1 is 0.292 bits per heavy atom. The molecule has 0 aliphatic heterocycles. The van der Waals surface area contributed by atoms with Gasteiger partial charge in [0.05, 0.1) is 0 Å². The number of allylic oxidation sites excluding steroid dienone is 22. The van der Waals surface area contributed by atoms with Crippen molar-refractivity contribution in [3.8, 4) is 0 Å². The minimum Gasteiger partial charge on any atom is -0.462 e. The van der Waals surface area contributed by atoms with Crippen LogP contribution in [0.2, 0.25) is 0 Å². The fraction of sp³-hybridized carbons (Fsp3) is 0.621. The lowest BCUT2D eigenvalue weighted by molar-refractivity contribution is -0.167. The molecule has 0 rings (SSSR count). The summed E-state index contributed by atoms with van der Waals surface area (Å²) in [6, 6.07) is 0. The van der Waals surface area contributed by atoms with Gasteiger partial charge < -0.3 is 14.2 Å². The third kappa shape index (κ3) is 56.5. The largest absolute Gasteiger partial charge is 0.462 e. The fourth-order valence-electron chi connectivity index (χ4n) is 7.55. The first kappa shape index (κ1) is 67.5. The Hall–Kier alpha value is -4.45. The molecule has 406 valence electrons. The molecule has 1 unspecified atom stereocenters. The van der Waals surface area contributed by atoms with E-state index in [4.69, 9.17) is 14.2 Å². The van der Waals surface area contributed by atoms with Gasteiger partial charge in [0.2, 0.25) is 0 Å². The summed E-state index contributed by atoms with van der Waals surface area (Å²) in [4.78, 5) is 38.1. The lowest BCUT2D eigenvalue weighted by Gasteiger charge is -2.18. The van der Waals surface area contributed by atoms with Crippen LogP contribution < -0.4 is 0 Å². The molecule has 0 amide bonds. The molecular weight excluding hydrogens is 889 g/mol. The lowest BCUT2D eigenvalue weighted by atomic mass is 10.1. The zero-order valence-corrected chi connectivity index (χ0v) is 46.4. The molecule has 6 heteroatoms. The van der Waals surface area contributed by atoms with E-state index in [1.54, 1.807) is 0 Å². The van der Waals surface area contributed by atoms with E-state index >= 15 is 0 Å². The second kappa shape index (κ2) is 59.1. The smallest absolute Gasteiger partial charge is 0.306 e. The predicted octanol–water partition coefficient (Wildman–Crippen LogP) is 19.8. The third-order valence-electron chi connectivity index (χ3n) is 11.9. The Morgan fingerprint density at radius 2 is 0.542 bits per heavy atom. The van der Waals surface area contributed by atoms with Gasteiger partial charge in [-0.2, -0.15) is 0 Å². The highest BCUT2D eigenvalue weighted by molar-refractivity contribution is 5.71. The average Bonchev–Trinajstić information content (AvgIpc) is 3.38. The van der Waals surface area contributed by atoms with Crippen LogP contribution in [0.3, 0.4) is 0 Å². The van der Waals surface area contributed by atoms with Gasteiger partial charge in [0.15, 0.2) is 6.10 Å². The first-order chi connectivity index (χ1) is 35.5. The van der Waals surface area contributed by atoms with Gasteiger partial charge >= 0.3 is 17.9 Å². The predicted molar refractivity (Wildman–Crippen MR) is 311 cm³/mol. The normalized spacial score (nSPS) is 13.1. The summed E-state index contributed by atoms with van der Waals surface area (Å²) in [6.07, 6.45) is 83.1. The summed E-state index contributed by atoms with van der Waals surface area (Å²) in [6.45, 7) is 6.33. The summed E-state index contributed by atoms with van der Waals surface area (Å²) in [5.74, 6) is -0.969. The number of carbonyl (C=O) groups excluding carboxylic acids is 3. The Kier molecular flexibility index (Phi) is 55.5. The molecule has 0 spiro atoms. The number of unbranched alkanes of at least 4 members (excludes halogenated alkanes) is 18. The maximum Gasteiger partial charge on any atom is 0.306 e. The number of rotatable bonds is 51. The molecular formula is C66H106O6. The summed E-state index contributed by atoms with van der Waals surface area (Å²) in [7, 11) is 0. The van der Waals surface area contributed by atoms with E-state index in [0.29, 0.717) is 19.3 Å². The Morgan fingerprint density at radius 3 is 0.889 bits per heavy atom. The zero-order chi connectivity index (χ0) is 52.2. The number of hydrogen-bond donors (Lipinski definition) is 0. The van der Waals surface area contributed by atoms with Gasteiger partial charge in [0.25, 0.3) is 0 Å². The van der Waals surface area contributed by atoms with Gasteiger partial charge in [-0.1, -0.05) is 225 Å². The standard InChI is InChI=1S/C66H106O6/c1-4-7-10-13-16-19-22-25-27-28-29-30-31-32-33-34-35-36-37-38-40-41-44-47-50-53-56-59-65(68)71-62-63(61-70-64(67)58-55-52-49-46-43-24-21-18-15-12-9-6-3)72-66(69)60-57-54-51-48-45-42-39-26-23-20-17-14-11-8-5-2/h7-8,10-11,16-21,25-27,29-30,32-33,35-36,39,45,48,63H,4-6,9,12-15,22-24,28,31,34,37-38,40-44,46-47,49-62H2,1-3H3/b10-7-,11-8-,19-16-,20-17-,21-18-,27-25-,30-29-,33-32-,36-35-,39-26-,48-45-. The number of hydrogen-bond acceptors (Lipinski definition) is 6. The molecule has 0 saturated heterocycles. The molecule has 0 aliphatic rings. The van der Waals surface area contributed by atoms with Crippen molar-refractivity contribution in [1.29, 1.82) is 0 Å². The van der Waals surface area contributed by atoms with Crippen LogP contribution in [0.1, 0.15) is 245 Å². The molecule has 0 bridgehead atoms. The Bertz CT molecular complexity index is 1560. The van der Waals surface area contributed by atoms with E-state index in [1.165, 1.54) is 64.2 Å². The zero-order valence-electron chi connectivity index (χ0n) is 46.4.